The quantitative estimate of drug-likeness (QED) is 0.372. The first-order valence-corrected chi connectivity index (χ1v) is 6.74. The number of carbonyl (C=O) groups is 1. The molecule has 0 unspecified atom stereocenters. The second kappa shape index (κ2) is 8.18. The van der Waals surface area contributed by atoms with Crippen LogP contribution in [-0.2, 0) is 11.3 Å². The highest BCUT2D eigenvalue weighted by Gasteiger charge is 2.14. The van der Waals surface area contributed by atoms with E-state index in [0.29, 0.717) is 30.9 Å². The summed E-state index contributed by atoms with van der Waals surface area (Å²) in [6.45, 7) is 5.62. The third kappa shape index (κ3) is 5.01. The van der Waals surface area contributed by atoms with Crippen molar-refractivity contribution in [2.45, 2.75) is 20.4 Å². The Kier molecular flexibility index (Phi) is 6.57. The molecule has 4 N–H and O–H groups in total. The molecule has 8 nitrogen and oxygen atoms in total. The van der Waals surface area contributed by atoms with Crippen LogP contribution < -0.4 is 16.6 Å². The van der Waals surface area contributed by atoms with Crippen LogP contribution in [0, 0.1) is 10.1 Å². The molecule has 0 bridgehead atoms. The molecule has 0 heterocycles. The predicted molar refractivity (Wildman–Crippen MR) is 80.5 cm³/mol. The van der Waals surface area contributed by atoms with Gasteiger partial charge in [-0.1, -0.05) is 6.92 Å². The van der Waals surface area contributed by atoms with E-state index in [1.54, 1.807) is 6.07 Å². The number of hydrogen-bond acceptors (Lipinski definition) is 6. The number of hydrogen-bond donors (Lipinski definition) is 3. The van der Waals surface area contributed by atoms with E-state index in [4.69, 9.17) is 5.84 Å². The minimum atomic E-state index is -0.454. The Morgan fingerprint density at radius 3 is 2.67 bits per heavy atom. The fraction of sp³-hybridized carbons (Fsp3) is 0.462. The van der Waals surface area contributed by atoms with Gasteiger partial charge >= 0.3 is 0 Å². The smallest absolute Gasteiger partial charge is 0.269 e. The summed E-state index contributed by atoms with van der Waals surface area (Å²) in [7, 11) is 0. The number of carbonyl (C=O) groups excluding carboxylic acids is 1. The molecule has 116 valence electrons. The molecule has 0 fully saturated rings. The van der Waals surface area contributed by atoms with Gasteiger partial charge in [-0.25, -0.2) is 0 Å². The summed E-state index contributed by atoms with van der Waals surface area (Å²) < 4.78 is 0. The van der Waals surface area contributed by atoms with Crippen molar-refractivity contribution in [1.82, 2.24) is 10.2 Å². The molecule has 1 aromatic rings. The van der Waals surface area contributed by atoms with Crippen LogP contribution in [0.1, 0.15) is 19.4 Å². The number of rotatable bonds is 8. The first kappa shape index (κ1) is 16.9. The highest BCUT2D eigenvalue weighted by atomic mass is 16.6. The highest BCUT2D eigenvalue weighted by molar-refractivity contribution is 5.78. The van der Waals surface area contributed by atoms with Gasteiger partial charge in [0, 0.05) is 25.2 Å². The summed E-state index contributed by atoms with van der Waals surface area (Å²) >= 11 is 0. The Morgan fingerprint density at radius 1 is 1.43 bits per heavy atom. The Morgan fingerprint density at radius 2 is 2.14 bits per heavy atom. The molecular formula is C13H21N5O3. The van der Waals surface area contributed by atoms with E-state index in [9.17, 15) is 14.9 Å². The lowest BCUT2D eigenvalue weighted by molar-refractivity contribution is -0.384. The Balaban J connectivity index is 2.89. The number of nitro benzene ring substituents is 1. The Labute approximate surface area is 123 Å². The average Bonchev–Trinajstić information content (AvgIpc) is 2.46. The first-order chi connectivity index (χ1) is 10.0. The van der Waals surface area contributed by atoms with E-state index in [-0.39, 0.29) is 18.1 Å². The summed E-state index contributed by atoms with van der Waals surface area (Å²) in [6, 6.07) is 4.42. The summed E-state index contributed by atoms with van der Waals surface area (Å²) in [5.74, 6) is 5.35. The average molecular weight is 295 g/mol. The van der Waals surface area contributed by atoms with Gasteiger partial charge in [-0.15, -0.1) is 0 Å². The maximum Gasteiger partial charge on any atom is 0.269 e. The number of amides is 1. The SMILES string of the molecule is CCNC(=O)CN(CC)Cc1cc([N+](=O)[O-])ccc1NN. The Hall–Kier alpha value is -2.19. The zero-order chi connectivity index (χ0) is 15.8. The zero-order valence-electron chi connectivity index (χ0n) is 12.3. The van der Waals surface area contributed by atoms with Gasteiger partial charge < -0.3 is 10.7 Å². The number of nitrogens with two attached hydrogens (primary N) is 1. The number of likely N-dealkylation sites (N-methyl/N-ethyl adjacent to an activating group) is 2. The first-order valence-electron chi connectivity index (χ1n) is 6.74. The third-order valence-corrected chi connectivity index (χ3v) is 3.04. The van der Waals surface area contributed by atoms with E-state index in [1.807, 2.05) is 18.7 Å². The molecule has 1 aromatic carbocycles. The maximum atomic E-state index is 11.6. The monoisotopic (exact) mass is 295 g/mol. The van der Waals surface area contributed by atoms with Crippen LogP contribution in [0.3, 0.4) is 0 Å². The van der Waals surface area contributed by atoms with E-state index in [1.165, 1.54) is 12.1 Å². The standard InChI is InChI=1S/C13H21N5O3/c1-3-15-13(19)9-17(4-2)8-10-7-11(18(20)21)5-6-12(10)16-14/h5-7,16H,3-4,8-9,14H2,1-2H3,(H,15,19). The van der Waals surface area contributed by atoms with Crippen molar-refractivity contribution >= 4 is 17.3 Å². The van der Waals surface area contributed by atoms with Gasteiger partial charge in [0.1, 0.15) is 0 Å². The summed E-state index contributed by atoms with van der Waals surface area (Å²) in [5.41, 5.74) is 3.80. The van der Waals surface area contributed by atoms with Crippen molar-refractivity contribution in [3.05, 3.63) is 33.9 Å². The molecule has 0 spiro atoms. The number of nitrogens with zero attached hydrogens (tertiary/aromatic N) is 2. The van der Waals surface area contributed by atoms with Crippen LogP contribution in [0.4, 0.5) is 11.4 Å². The molecule has 0 aromatic heterocycles. The largest absolute Gasteiger partial charge is 0.355 e. The topological polar surface area (TPSA) is 114 Å². The van der Waals surface area contributed by atoms with Crippen LogP contribution >= 0.6 is 0 Å². The molecule has 0 saturated carbocycles. The fourth-order valence-electron chi connectivity index (χ4n) is 1.94. The third-order valence-electron chi connectivity index (χ3n) is 3.04. The lowest BCUT2D eigenvalue weighted by Gasteiger charge is -2.21. The Bertz CT molecular complexity index is 507. The summed E-state index contributed by atoms with van der Waals surface area (Å²) in [5, 5.41) is 13.6. The van der Waals surface area contributed by atoms with Gasteiger partial charge in [0.05, 0.1) is 17.2 Å². The predicted octanol–water partition coefficient (Wildman–Crippen LogP) is 0.838. The molecule has 0 aliphatic heterocycles. The zero-order valence-corrected chi connectivity index (χ0v) is 12.3. The van der Waals surface area contributed by atoms with Crippen LogP contribution in [-0.4, -0.2) is 35.4 Å². The van der Waals surface area contributed by atoms with E-state index < -0.39 is 4.92 Å². The molecule has 0 radical (unpaired) electrons. The van der Waals surface area contributed by atoms with Crippen molar-refractivity contribution in [2.24, 2.45) is 5.84 Å². The number of nitrogens with one attached hydrogen (secondary N) is 2. The van der Waals surface area contributed by atoms with Crippen molar-refractivity contribution in [1.29, 1.82) is 0 Å². The van der Waals surface area contributed by atoms with Crippen molar-refractivity contribution < 1.29 is 9.72 Å². The second-order valence-electron chi connectivity index (χ2n) is 4.50. The van der Waals surface area contributed by atoms with Crippen LogP contribution in [0.15, 0.2) is 18.2 Å². The van der Waals surface area contributed by atoms with Gasteiger partial charge in [0.25, 0.3) is 5.69 Å². The van der Waals surface area contributed by atoms with E-state index in [2.05, 4.69) is 10.7 Å². The molecule has 0 saturated heterocycles. The van der Waals surface area contributed by atoms with Crippen molar-refractivity contribution in [3.63, 3.8) is 0 Å². The molecule has 21 heavy (non-hydrogen) atoms. The lowest BCUT2D eigenvalue weighted by Crippen LogP contribution is -2.36. The van der Waals surface area contributed by atoms with E-state index >= 15 is 0 Å². The number of nitrogen functional groups attached to an aromatic ring is 1. The van der Waals surface area contributed by atoms with E-state index in [0.717, 1.165) is 0 Å². The maximum absolute atomic E-state index is 11.6. The minimum Gasteiger partial charge on any atom is -0.355 e. The van der Waals surface area contributed by atoms with Gasteiger partial charge in [-0.2, -0.15) is 0 Å². The van der Waals surface area contributed by atoms with Crippen molar-refractivity contribution in [3.8, 4) is 0 Å². The normalized spacial score (nSPS) is 10.5. The van der Waals surface area contributed by atoms with Crippen LogP contribution in [0.25, 0.3) is 0 Å². The van der Waals surface area contributed by atoms with Gasteiger partial charge in [0.2, 0.25) is 5.91 Å². The molecule has 1 rings (SSSR count). The number of anilines is 1. The minimum absolute atomic E-state index is 0.00179. The molecule has 0 atom stereocenters. The van der Waals surface area contributed by atoms with Crippen LogP contribution in [0.2, 0.25) is 0 Å². The number of hydrazine groups is 1. The number of non-ortho nitro benzene ring substituents is 1. The molecule has 0 aliphatic carbocycles. The van der Waals surface area contributed by atoms with Crippen LogP contribution in [0.5, 0.6) is 0 Å². The van der Waals surface area contributed by atoms with Gasteiger partial charge in [0.15, 0.2) is 0 Å². The highest BCUT2D eigenvalue weighted by Crippen LogP contribution is 2.22. The molecule has 1 amide bonds. The lowest BCUT2D eigenvalue weighted by atomic mass is 10.1. The fourth-order valence-corrected chi connectivity index (χ4v) is 1.94. The number of nitro groups is 1. The molecule has 0 aliphatic rings. The molecular weight excluding hydrogens is 274 g/mol. The summed E-state index contributed by atoms with van der Waals surface area (Å²) in [4.78, 5) is 23.9. The number of benzene rings is 1. The van der Waals surface area contributed by atoms with Gasteiger partial charge in [-0.05, 0) is 25.1 Å². The summed E-state index contributed by atoms with van der Waals surface area (Å²) in [6.07, 6.45) is 0. The van der Waals surface area contributed by atoms with Gasteiger partial charge in [-0.3, -0.25) is 25.7 Å². The van der Waals surface area contributed by atoms with Crippen molar-refractivity contribution in [2.75, 3.05) is 25.1 Å². The molecule has 8 heteroatoms. The second-order valence-corrected chi connectivity index (χ2v) is 4.50.